The highest BCUT2D eigenvalue weighted by molar-refractivity contribution is 5.90. The topological polar surface area (TPSA) is 47.4 Å². The molecule has 0 radical (unpaired) electrons. The molecule has 0 amide bonds. The first-order chi connectivity index (χ1) is 10.0. The van der Waals surface area contributed by atoms with Gasteiger partial charge in [0.1, 0.15) is 5.56 Å². The molecule has 0 bridgehead atoms. The highest BCUT2D eigenvalue weighted by Gasteiger charge is 2.18. The molecule has 0 saturated heterocycles. The average molecular weight is 287 g/mol. The first kappa shape index (κ1) is 15.1. The molecular weight excluding hydrogens is 266 g/mol. The lowest BCUT2D eigenvalue weighted by molar-refractivity contribution is 0.0525. The Kier molecular flexibility index (Phi) is 4.62. The summed E-state index contributed by atoms with van der Waals surface area (Å²) in [6.45, 7) is 4.81. The number of ether oxygens (including phenoxy) is 1. The van der Waals surface area contributed by atoms with Crippen molar-refractivity contribution in [3.63, 3.8) is 0 Å². The van der Waals surface area contributed by atoms with Crippen LogP contribution in [0.2, 0.25) is 0 Å². The number of aromatic nitrogens is 2. The number of nitrogens with zero attached hydrogens (tertiary/aromatic N) is 3. The minimum atomic E-state index is -0.321. The average Bonchev–Trinajstić information content (AvgIpc) is 2.80. The molecule has 1 aromatic heterocycles. The zero-order valence-corrected chi connectivity index (χ0v) is 13.0. The molecule has 0 aliphatic carbocycles. The molecule has 0 atom stereocenters. The molecule has 0 unspecified atom stereocenters. The number of hydrogen-bond acceptors (Lipinski definition) is 4. The quantitative estimate of drug-likeness (QED) is 0.793. The number of esters is 1. The van der Waals surface area contributed by atoms with Crippen LogP contribution in [0, 0.1) is 6.92 Å². The van der Waals surface area contributed by atoms with E-state index in [1.54, 1.807) is 17.8 Å². The Morgan fingerprint density at radius 3 is 2.86 bits per heavy atom. The van der Waals surface area contributed by atoms with Crippen LogP contribution in [0.4, 0.5) is 5.69 Å². The summed E-state index contributed by atoms with van der Waals surface area (Å²) in [6, 6.07) is 8.25. The van der Waals surface area contributed by atoms with Crippen molar-refractivity contribution in [3.8, 4) is 0 Å². The van der Waals surface area contributed by atoms with Gasteiger partial charge < -0.3 is 9.64 Å². The van der Waals surface area contributed by atoms with Gasteiger partial charge in [0.25, 0.3) is 0 Å². The number of carbonyl (C=O) groups is 1. The SMILES string of the molecule is CCOC(=O)c1cnn(C)c1CN(C)c1cccc(C)c1. The molecule has 21 heavy (non-hydrogen) atoms. The van der Waals surface area contributed by atoms with Crippen LogP contribution in [0.25, 0.3) is 0 Å². The van der Waals surface area contributed by atoms with Crippen molar-refractivity contribution in [1.82, 2.24) is 9.78 Å². The number of anilines is 1. The van der Waals surface area contributed by atoms with Gasteiger partial charge >= 0.3 is 5.97 Å². The lowest BCUT2D eigenvalue weighted by atomic mass is 10.2. The lowest BCUT2D eigenvalue weighted by Crippen LogP contribution is -2.21. The summed E-state index contributed by atoms with van der Waals surface area (Å²) in [5.74, 6) is -0.321. The van der Waals surface area contributed by atoms with Crippen molar-refractivity contribution < 1.29 is 9.53 Å². The zero-order chi connectivity index (χ0) is 15.4. The normalized spacial score (nSPS) is 10.5. The maximum Gasteiger partial charge on any atom is 0.341 e. The highest BCUT2D eigenvalue weighted by atomic mass is 16.5. The Morgan fingerprint density at radius 1 is 1.43 bits per heavy atom. The second kappa shape index (κ2) is 6.43. The van der Waals surface area contributed by atoms with Gasteiger partial charge in [-0.3, -0.25) is 4.68 Å². The molecule has 2 aromatic rings. The van der Waals surface area contributed by atoms with Crippen molar-refractivity contribution >= 4 is 11.7 Å². The van der Waals surface area contributed by atoms with Gasteiger partial charge in [0.2, 0.25) is 0 Å². The van der Waals surface area contributed by atoms with Gasteiger partial charge in [-0.2, -0.15) is 5.10 Å². The van der Waals surface area contributed by atoms with E-state index >= 15 is 0 Å². The fourth-order valence-electron chi connectivity index (χ4n) is 2.21. The van der Waals surface area contributed by atoms with E-state index in [0.717, 1.165) is 11.4 Å². The van der Waals surface area contributed by atoms with E-state index in [0.29, 0.717) is 18.7 Å². The Bertz CT molecular complexity index is 634. The molecule has 112 valence electrons. The molecular formula is C16H21N3O2. The lowest BCUT2D eigenvalue weighted by Gasteiger charge is -2.20. The summed E-state index contributed by atoms with van der Waals surface area (Å²) in [6.07, 6.45) is 1.57. The molecule has 5 nitrogen and oxygen atoms in total. The molecule has 0 saturated carbocycles. The van der Waals surface area contributed by atoms with Crippen molar-refractivity contribution in [1.29, 1.82) is 0 Å². The van der Waals surface area contributed by atoms with Crippen LogP contribution in [0.5, 0.6) is 0 Å². The van der Waals surface area contributed by atoms with Crippen LogP contribution in [0.15, 0.2) is 30.5 Å². The molecule has 1 heterocycles. The van der Waals surface area contributed by atoms with Gasteiger partial charge in [0, 0.05) is 19.8 Å². The summed E-state index contributed by atoms with van der Waals surface area (Å²) in [4.78, 5) is 14.0. The van der Waals surface area contributed by atoms with E-state index in [2.05, 4.69) is 29.1 Å². The molecule has 2 rings (SSSR count). The van der Waals surface area contributed by atoms with Crippen LogP contribution < -0.4 is 4.90 Å². The van der Waals surface area contributed by atoms with Crippen molar-refractivity contribution in [2.24, 2.45) is 7.05 Å². The third-order valence-electron chi connectivity index (χ3n) is 3.39. The largest absolute Gasteiger partial charge is 0.462 e. The molecule has 1 aromatic carbocycles. The molecule has 0 aliphatic rings. The summed E-state index contributed by atoms with van der Waals surface area (Å²) in [5, 5.41) is 4.17. The Balaban J connectivity index is 2.23. The van der Waals surface area contributed by atoms with Crippen LogP contribution in [0.1, 0.15) is 28.5 Å². The minimum Gasteiger partial charge on any atom is -0.462 e. The van der Waals surface area contributed by atoms with E-state index in [1.807, 2.05) is 26.2 Å². The van der Waals surface area contributed by atoms with E-state index in [4.69, 9.17) is 4.74 Å². The van der Waals surface area contributed by atoms with Gasteiger partial charge in [-0.05, 0) is 31.5 Å². The maximum absolute atomic E-state index is 12.0. The molecule has 0 fully saturated rings. The van der Waals surface area contributed by atoms with Crippen LogP contribution in [-0.4, -0.2) is 29.4 Å². The van der Waals surface area contributed by atoms with E-state index in [9.17, 15) is 4.79 Å². The van der Waals surface area contributed by atoms with E-state index < -0.39 is 0 Å². The Morgan fingerprint density at radius 2 is 2.19 bits per heavy atom. The van der Waals surface area contributed by atoms with Crippen molar-refractivity contribution in [3.05, 3.63) is 47.3 Å². The van der Waals surface area contributed by atoms with Gasteiger partial charge in [0.05, 0.1) is 25.0 Å². The molecule has 5 heteroatoms. The van der Waals surface area contributed by atoms with Gasteiger partial charge in [-0.1, -0.05) is 12.1 Å². The van der Waals surface area contributed by atoms with Crippen molar-refractivity contribution in [2.45, 2.75) is 20.4 Å². The van der Waals surface area contributed by atoms with Crippen LogP contribution >= 0.6 is 0 Å². The highest BCUT2D eigenvalue weighted by Crippen LogP contribution is 2.19. The number of carbonyl (C=O) groups excluding carboxylic acids is 1. The van der Waals surface area contributed by atoms with Crippen LogP contribution in [0.3, 0.4) is 0 Å². The standard InChI is InChI=1S/C16H21N3O2/c1-5-21-16(20)14-10-17-19(4)15(14)11-18(3)13-8-6-7-12(2)9-13/h6-10H,5,11H2,1-4H3. The van der Waals surface area contributed by atoms with Crippen molar-refractivity contribution in [2.75, 3.05) is 18.6 Å². The Labute approximate surface area is 125 Å². The van der Waals surface area contributed by atoms with E-state index in [-0.39, 0.29) is 5.97 Å². The fraction of sp³-hybridized carbons (Fsp3) is 0.375. The predicted octanol–water partition coefficient (Wildman–Crippen LogP) is 2.54. The first-order valence-corrected chi connectivity index (χ1v) is 6.98. The summed E-state index contributed by atoms with van der Waals surface area (Å²) in [7, 11) is 3.83. The molecule has 0 spiro atoms. The summed E-state index contributed by atoms with van der Waals surface area (Å²) >= 11 is 0. The summed E-state index contributed by atoms with van der Waals surface area (Å²) < 4.78 is 6.80. The fourth-order valence-corrected chi connectivity index (χ4v) is 2.21. The zero-order valence-electron chi connectivity index (χ0n) is 13.0. The monoisotopic (exact) mass is 287 g/mol. The van der Waals surface area contributed by atoms with Crippen LogP contribution in [-0.2, 0) is 18.3 Å². The second-order valence-electron chi connectivity index (χ2n) is 5.04. The maximum atomic E-state index is 12.0. The predicted molar refractivity (Wildman–Crippen MR) is 82.5 cm³/mol. The third kappa shape index (κ3) is 3.42. The van der Waals surface area contributed by atoms with Gasteiger partial charge in [-0.25, -0.2) is 4.79 Å². The van der Waals surface area contributed by atoms with Gasteiger partial charge in [-0.15, -0.1) is 0 Å². The number of hydrogen-bond donors (Lipinski definition) is 0. The number of rotatable bonds is 5. The van der Waals surface area contributed by atoms with E-state index in [1.165, 1.54) is 5.56 Å². The first-order valence-electron chi connectivity index (χ1n) is 6.98. The smallest absolute Gasteiger partial charge is 0.341 e. The summed E-state index contributed by atoms with van der Waals surface area (Å²) in [5.41, 5.74) is 3.68. The number of benzene rings is 1. The second-order valence-corrected chi connectivity index (χ2v) is 5.04. The minimum absolute atomic E-state index is 0.321. The Hall–Kier alpha value is -2.30. The number of aryl methyl sites for hydroxylation is 2. The molecule has 0 N–H and O–H groups in total. The van der Waals surface area contributed by atoms with Gasteiger partial charge in [0.15, 0.2) is 0 Å². The third-order valence-corrected chi connectivity index (χ3v) is 3.39. The molecule has 0 aliphatic heterocycles.